The molecule has 0 bridgehead atoms. The summed E-state index contributed by atoms with van der Waals surface area (Å²) in [6.07, 6.45) is 3.04. The van der Waals surface area contributed by atoms with Crippen molar-refractivity contribution in [3.63, 3.8) is 0 Å². The minimum atomic E-state index is -0.595. The Bertz CT molecular complexity index is 1160. The number of benzene rings is 2. The molecule has 0 fully saturated rings. The summed E-state index contributed by atoms with van der Waals surface area (Å²) in [5, 5.41) is 10.4. The highest BCUT2D eigenvalue weighted by Gasteiger charge is 2.13. The third-order valence-electron chi connectivity index (χ3n) is 3.99. The van der Waals surface area contributed by atoms with Gasteiger partial charge < -0.3 is 10.1 Å². The quantitative estimate of drug-likeness (QED) is 0.494. The number of nitrogens with zero attached hydrogens (tertiary/aromatic N) is 3. The number of aromatic nitrogens is 3. The van der Waals surface area contributed by atoms with E-state index in [-0.39, 0.29) is 6.61 Å². The maximum Gasteiger partial charge on any atom is 0.340 e. The van der Waals surface area contributed by atoms with Crippen LogP contribution in [0.3, 0.4) is 0 Å². The summed E-state index contributed by atoms with van der Waals surface area (Å²) in [6, 6.07) is 20.6. The molecule has 2 aromatic carbocycles. The number of carbonyl (C=O) groups is 2. The number of rotatable bonds is 6. The average Bonchev–Trinajstić information content (AvgIpc) is 3.22. The van der Waals surface area contributed by atoms with Crippen LogP contribution in [0, 0.1) is 0 Å². The molecule has 0 aliphatic heterocycles. The van der Waals surface area contributed by atoms with Gasteiger partial charge in [0.1, 0.15) is 6.33 Å². The number of hydrogen-bond donors (Lipinski definition) is 1. The summed E-state index contributed by atoms with van der Waals surface area (Å²) in [7, 11) is 0. The number of amides is 1. The topological polar surface area (TPSA) is 85.6 Å². The van der Waals surface area contributed by atoms with Crippen LogP contribution in [0.1, 0.15) is 10.4 Å². The second kappa shape index (κ2) is 8.57. The van der Waals surface area contributed by atoms with Crippen LogP contribution in [-0.2, 0) is 9.53 Å². The predicted octanol–water partition coefficient (Wildman–Crippen LogP) is 3.68. The van der Waals surface area contributed by atoms with Crippen molar-refractivity contribution in [3.05, 3.63) is 84.8 Å². The highest BCUT2D eigenvalue weighted by Crippen LogP contribution is 2.33. The summed E-state index contributed by atoms with van der Waals surface area (Å²) >= 11 is 1.54. The SMILES string of the molecule is O=C(COC(=O)c1ccc2nncn2c1)Nc1ccccc1Sc1ccccc1. The van der Waals surface area contributed by atoms with Crippen LogP contribution in [0.25, 0.3) is 5.65 Å². The van der Waals surface area contributed by atoms with E-state index in [0.29, 0.717) is 16.9 Å². The van der Waals surface area contributed by atoms with Crippen LogP contribution < -0.4 is 5.32 Å². The number of nitrogens with one attached hydrogen (secondary N) is 1. The molecule has 4 aromatic rings. The first kappa shape index (κ1) is 18.7. The lowest BCUT2D eigenvalue weighted by Gasteiger charge is -2.11. The van der Waals surface area contributed by atoms with Gasteiger partial charge in [-0.25, -0.2) is 4.79 Å². The van der Waals surface area contributed by atoms with Gasteiger partial charge in [-0.1, -0.05) is 42.1 Å². The molecule has 7 nitrogen and oxygen atoms in total. The van der Waals surface area contributed by atoms with Gasteiger partial charge in [0.2, 0.25) is 0 Å². The van der Waals surface area contributed by atoms with E-state index in [1.807, 2.05) is 54.6 Å². The van der Waals surface area contributed by atoms with Gasteiger partial charge in [0.15, 0.2) is 12.3 Å². The van der Waals surface area contributed by atoms with Gasteiger partial charge in [-0.15, -0.1) is 10.2 Å². The van der Waals surface area contributed by atoms with Crippen molar-refractivity contribution in [2.24, 2.45) is 0 Å². The zero-order valence-electron chi connectivity index (χ0n) is 15.2. The van der Waals surface area contributed by atoms with Crippen LogP contribution in [0.15, 0.2) is 89.0 Å². The van der Waals surface area contributed by atoms with Crippen molar-refractivity contribution in [1.29, 1.82) is 0 Å². The smallest absolute Gasteiger partial charge is 0.340 e. The average molecular weight is 404 g/mol. The number of ether oxygens (including phenoxy) is 1. The Morgan fingerprint density at radius 2 is 1.79 bits per heavy atom. The highest BCUT2D eigenvalue weighted by atomic mass is 32.2. The Balaban J connectivity index is 1.38. The lowest BCUT2D eigenvalue weighted by molar-refractivity contribution is -0.119. The van der Waals surface area contributed by atoms with Crippen LogP contribution in [0.2, 0.25) is 0 Å². The molecule has 0 aliphatic carbocycles. The van der Waals surface area contributed by atoms with Crippen LogP contribution >= 0.6 is 11.8 Å². The molecule has 1 amide bonds. The zero-order valence-corrected chi connectivity index (χ0v) is 16.0. The molecule has 2 aromatic heterocycles. The zero-order chi connectivity index (χ0) is 20.1. The standard InChI is InChI=1S/C21H16N4O3S/c26-20(13-28-21(27)15-10-11-19-24-22-14-25(19)12-15)23-17-8-4-5-9-18(17)29-16-6-2-1-3-7-16/h1-12,14H,13H2,(H,23,26). The summed E-state index contributed by atoms with van der Waals surface area (Å²) in [6.45, 7) is -0.386. The fraction of sp³-hybridized carbons (Fsp3) is 0.0476. The Morgan fingerprint density at radius 1 is 1.00 bits per heavy atom. The molecule has 144 valence electrons. The van der Waals surface area contributed by atoms with Crippen molar-refractivity contribution in [3.8, 4) is 0 Å². The van der Waals surface area contributed by atoms with Crippen molar-refractivity contribution in [1.82, 2.24) is 14.6 Å². The minimum Gasteiger partial charge on any atom is -0.452 e. The molecule has 0 unspecified atom stereocenters. The van der Waals surface area contributed by atoms with Gasteiger partial charge >= 0.3 is 5.97 Å². The summed E-state index contributed by atoms with van der Waals surface area (Å²) in [5.41, 5.74) is 1.59. The van der Waals surface area contributed by atoms with Crippen molar-refractivity contribution in [2.75, 3.05) is 11.9 Å². The van der Waals surface area contributed by atoms with Crippen molar-refractivity contribution >= 4 is 35.0 Å². The maximum absolute atomic E-state index is 12.3. The third kappa shape index (κ3) is 4.61. The van der Waals surface area contributed by atoms with E-state index in [2.05, 4.69) is 15.5 Å². The summed E-state index contributed by atoms with van der Waals surface area (Å²) in [4.78, 5) is 26.5. The Kier molecular flexibility index (Phi) is 5.53. The largest absolute Gasteiger partial charge is 0.452 e. The summed E-state index contributed by atoms with van der Waals surface area (Å²) in [5.74, 6) is -1.01. The van der Waals surface area contributed by atoms with E-state index in [1.165, 1.54) is 6.33 Å². The Hall–Kier alpha value is -3.65. The number of carbonyl (C=O) groups excluding carboxylic acids is 2. The van der Waals surface area contributed by atoms with Gasteiger partial charge in [-0.2, -0.15) is 0 Å². The number of hydrogen-bond acceptors (Lipinski definition) is 6. The lowest BCUT2D eigenvalue weighted by Crippen LogP contribution is -2.21. The van der Waals surface area contributed by atoms with Gasteiger partial charge in [0.25, 0.3) is 5.91 Å². The van der Waals surface area contributed by atoms with E-state index in [4.69, 9.17) is 4.74 Å². The summed E-state index contributed by atoms with van der Waals surface area (Å²) < 4.78 is 6.74. The molecule has 0 radical (unpaired) electrons. The number of fused-ring (bicyclic) bond motifs is 1. The van der Waals surface area contributed by atoms with Crippen molar-refractivity contribution in [2.45, 2.75) is 9.79 Å². The van der Waals surface area contributed by atoms with Gasteiger partial charge in [-0.3, -0.25) is 9.20 Å². The fourth-order valence-electron chi connectivity index (χ4n) is 2.62. The van der Waals surface area contributed by atoms with Gasteiger partial charge in [0, 0.05) is 16.0 Å². The predicted molar refractivity (Wildman–Crippen MR) is 109 cm³/mol. The van der Waals surface area contributed by atoms with E-state index in [0.717, 1.165) is 9.79 Å². The molecule has 4 rings (SSSR count). The Labute approximate surface area is 170 Å². The van der Waals surface area contributed by atoms with E-state index in [9.17, 15) is 9.59 Å². The molecule has 29 heavy (non-hydrogen) atoms. The monoisotopic (exact) mass is 404 g/mol. The molecule has 2 heterocycles. The molecule has 0 saturated carbocycles. The lowest BCUT2D eigenvalue weighted by atomic mass is 10.3. The molecule has 1 N–H and O–H groups in total. The van der Waals surface area contributed by atoms with Gasteiger partial charge in [0.05, 0.1) is 11.3 Å². The molecule has 8 heteroatoms. The first-order valence-electron chi connectivity index (χ1n) is 8.77. The fourth-order valence-corrected chi connectivity index (χ4v) is 3.55. The molecule has 0 atom stereocenters. The second-order valence-electron chi connectivity index (χ2n) is 6.05. The molecule has 0 spiro atoms. The number of para-hydroxylation sites is 1. The maximum atomic E-state index is 12.3. The minimum absolute atomic E-state index is 0.310. The van der Waals surface area contributed by atoms with Crippen LogP contribution in [0.5, 0.6) is 0 Å². The number of pyridine rings is 1. The first-order valence-corrected chi connectivity index (χ1v) is 9.59. The molecule has 0 aliphatic rings. The Morgan fingerprint density at radius 3 is 2.66 bits per heavy atom. The van der Waals surface area contributed by atoms with E-state index < -0.39 is 11.9 Å². The molecular formula is C21H16N4O3S. The third-order valence-corrected chi connectivity index (χ3v) is 5.08. The van der Waals surface area contributed by atoms with E-state index in [1.54, 1.807) is 34.5 Å². The van der Waals surface area contributed by atoms with Crippen LogP contribution in [0.4, 0.5) is 5.69 Å². The normalized spacial score (nSPS) is 10.6. The molecule has 0 saturated heterocycles. The van der Waals surface area contributed by atoms with E-state index >= 15 is 0 Å². The second-order valence-corrected chi connectivity index (χ2v) is 7.17. The number of esters is 1. The highest BCUT2D eigenvalue weighted by molar-refractivity contribution is 7.99. The van der Waals surface area contributed by atoms with Gasteiger partial charge in [-0.05, 0) is 36.4 Å². The van der Waals surface area contributed by atoms with Crippen molar-refractivity contribution < 1.29 is 14.3 Å². The van der Waals surface area contributed by atoms with Crippen LogP contribution in [-0.4, -0.2) is 33.1 Å². The molecular weight excluding hydrogens is 388 g/mol. The number of anilines is 1. The first-order chi connectivity index (χ1) is 14.2.